The van der Waals surface area contributed by atoms with E-state index in [9.17, 15) is 9.90 Å². The number of carbonyl (C=O) groups excluding carboxylic acids is 1. The van der Waals surface area contributed by atoms with Crippen molar-refractivity contribution in [1.29, 1.82) is 0 Å². The van der Waals surface area contributed by atoms with Crippen LogP contribution in [0.3, 0.4) is 0 Å². The summed E-state index contributed by atoms with van der Waals surface area (Å²) in [5.41, 5.74) is 1.40. The lowest BCUT2D eigenvalue weighted by molar-refractivity contribution is -0.150. The van der Waals surface area contributed by atoms with Gasteiger partial charge in [0, 0.05) is 0 Å². The van der Waals surface area contributed by atoms with Crippen LogP contribution in [0, 0.1) is 29.6 Å². The lowest BCUT2D eigenvalue weighted by Crippen LogP contribution is -2.32. The molecule has 2 N–H and O–H groups in total. The van der Waals surface area contributed by atoms with Gasteiger partial charge in [-0.2, -0.15) is 0 Å². The number of esters is 1. The van der Waals surface area contributed by atoms with E-state index in [0.29, 0.717) is 12.5 Å². The zero-order valence-corrected chi connectivity index (χ0v) is 22.0. The first-order valence-electron chi connectivity index (χ1n) is 14.1. The number of unbranched alkanes of at least 4 members (excludes halogenated alkanes) is 2. The number of allylic oxidation sites excluding steroid dienone is 1. The van der Waals surface area contributed by atoms with Gasteiger partial charge in [0.1, 0.15) is 19.0 Å². The van der Waals surface area contributed by atoms with Crippen LogP contribution >= 0.6 is 0 Å². The van der Waals surface area contributed by atoms with E-state index in [2.05, 4.69) is 13.0 Å². The van der Waals surface area contributed by atoms with Crippen LogP contribution in [0.25, 0.3) is 0 Å². The van der Waals surface area contributed by atoms with Gasteiger partial charge in [-0.3, -0.25) is 4.79 Å². The third-order valence-electron chi connectivity index (χ3n) is 8.27. The van der Waals surface area contributed by atoms with E-state index in [0.717, 1.165) is 29.9 Å². The minimum Gasteiger partial charge on any atom is -0.490 e. The Kier molecular flexibility index (Phi) is 12.1. The summed E-state index contributed by atoms with van der Waals surface area (Å²) in [7, 11) is 0. The fourth-order valence-electron chi connectivity index (χ4n) is 6.24. The molecule has 6 heteroatoms. The standard InChI is InChI=1S/C29H48O6/c1-3-4-5-6-22-7-8-24-16-25(10-9-23(24)15-22)26-17-27(33-12-11-30)19-28(18-26)34-13-14-35-29(32)21(2)20-31/h18-19,21-25,27,30-31H,3-17,20H2,1-2H3. The summed E-state index contributed by atoms with van der Waals surface area (Å²) in [5.74, 6) is 3.10. The quantitative estimate of drug-likeness (QED) is 0.257. The molecule has 3 aliphatic carbocycles. The third-order valence-corrected chi connectivity index (χ3v) is 8.27. The molecule has 0 aliphatic heterocycles. The van der Waals surface area contributed by atoms with E-state index >= 15 is 0 Å². The van der Waals surface area contributed by atoms with Crippen molar-refractivity contribution in [2.45, 2.75) is 90.6 Å². The number of carbonyl (C=O) groups is 1. The smallest absolute Gasteiger partial charge is 0.311 e. The van der Waals surface area contributed by atoms with Crippen LogP contribution in [0.15, 0.2) is 23.5 Å². The third kappa shape index (κ3) is 8.91. The fourth-order valence-corrected chi connectivity index (χ4v) is 6.24. The van der Waals surface area contributed by atoms with E-state index in [1.54, 1.807) is 6.92 Å². The molecular formula is C29H48O6. The molecule has 0 bridgehead atoms. The van der Waals surface area contributed by atoms with Gasteiger partial charge in [0.15, 0.2) is 0 Å². The second-order valence-corrected chi connectivity index (χ2v) is 10.9. The lowest BCUT2D eigenvalue weighted by Gasteiger charge is -2.43. The molecule has 0 heterocycles. The van der Waals surface area contributed by atoms with E-state index < -0.39 is 11.9 Å². The molecule has 0 spiro atoms. The average Bonchev–Trinajstić information content (AvgIpc) is 2.89. The van der Waals surface area contributed by atoms with E-state index in [4.69, 9.17) is 19.3 Å². The average molecular weight is 493 g/mol. The highest BCUT2D eigenvalue weighted by molar-refractivity contribution is 5.72. The monoisotopic (exact) mass is 492 g/mol. The van der Waals surface area contributed by atoms with Gasteiger partial charge >= 0.3 is 5.97 Å². The predicted molar refractivity (Wildman–Crippen MR) is 137 cm³/mol. The highest BCUT2D eigenvalue weighted by atomic mass is 16.6. The summed E-state index contributed by atoms with van der Waals surface area (Å²) in [6.45, 7) is 4.44. The first-order valence-corrected chi connectivity index (χ1v) is 14.1. The second kappa shape index (κ2) is 15.0. The summed E-state index contributed by atoms with van der Waals surface area (Å²) >= 11 is 0. The maximum Gasteiger partial charge on any atom is 0.311 e. The Balaban J connectivity index is 1.53. The zero-order chi connectivity index (χ0) is 25.0. The molecule has 0 amide bonds. The maximum atomic E-state index is 11.7. The van der Waals surface area contributed by atoms with E-state index in [1.165, 1.54) is 69.8 Å². The molecular weight excluding hydrogens is 444 g/mol. The van der Waals surface area contributed by atoms with Gasteiger partial charge in [-0.05, 0) is 81.3 Å². The Bertz CT molecular complexity index is 701. The van der Waals surface area contributed by atoms with Crippen molar-refractivity contribution >= 4 is 5.97 Å². The Morgan fingerprint density at radius 3 is 2.63 bits per heavy atom. The molecule has 6 nitrogen and oxygen atoms in total. The topological polar surface area (TPSA) is 85.2 Å². The molecule has 3 rings (SSSR count). The Morgan fingerprint density at radius 2 is 1.86 bits per heavy atom. The fraction of sp³-hybridized carbons (Fsp3) is 0.828. The van der Waals surface area contributed by atoms with Crippen molar-refractivity contribution in [3.05, 3.63) is 23.5 Å². The van der Waals surface area contributed by atoms with Crippen LogP contribution in [-0.4, -0.2) is 55.3 Å². The van der Waals surface area contributed by atoms with Gasteiger partial charge in [0.2, 0.25) is 0 Å². The van der Waals surface area contributed by atoms with Gasteiger partial charge in [-0.15, -0.1) is 0 Å². The van der Waals surface area contributed by atoms with Gasteiger partial charge in [0.05, 0.1) is 31.8 Å². The van der Waals surface area contributed by atoms with E-state index in [-0.39, 0.29) is 32.5 Å². The molecule has 2 saturated carbocycles. The predicted octanol–water partition coefficient (Wildman–Crippen LogP) is 5.18. The lowest BCUT2D eigenvalue weighted by atomic mass is 9.62. The molecule has 0 aromatic carbocycles. The van der Waals surface area contributed by atoms with E-state index in [1.807, 2.05) is 6.08 Å². The zero-order valence-electron chi connectivity index (χ0n) is 22.0. The Hall–Kier alpha value is -1.37. The number of hydrogen-bond acceptors (Lipinski definition) is 6. The number of rotatable bonds is 14. The van der Waals surface area contributed by atoms with Gasteiger partial charge < -0.3 is 24.4 Å². The van der Waals surface area contributed by atoms with Crippen LogP contribution in [0.4, 0.5) is 0 Å². The summed E-state index contributed by atoms with van der Waals surface area (Å²) in [5, 5.41) is 18.3. The number of hydrogen-bond donors (Lipinski definition) is 2. The molecule has 0 radical (unpaired) electrons. The highest BCUT2D eigenvalue weighted by Crippen LogP contribution is 2.48. The Labute approximate surface area is 212 Å². The first kappa shape index (κ1) is 28.2. The molecule has 200 valence electrons. The first-order chi connectivity index (χ1) is 17.0. The SMILES string of the molecule is CCCCCC1CCC2CC(C3=CC(OCCOC(=O)C(C)CO)=CC(OCCO)C3)CCC2C1. The van der Waals surface area contributed by atoms with Crippen molar-refractivity contribution in [2.75, 3.05) is 33.0 Å². The number of fused-ring (bicyclic) bond motifs is 1. The largest absolute Gasteiger partial charge is 0.490 e. The molecule has 35 heavy (non-hydrogen) atoms. The maximum absolute atomic E-state index is 11.7. The van der Waals surface area contributed by atoms with Crippen LogP contribution in [-0.2, 0) is 19.0 Å². The highest BCUT2D eigenvalue weighted by Gasteiger charge is 2.37. The van der Waals surface area contributed by atoms with Crippen molar-refractivity contribution < 1.29 is 29.2 Å². The van der Waals surface area contributed by atoms with Crippen molar-refractivity contribution in [3.8, 4) is 0 Å². The molecule has 2 fully saturated rings. The Morgan fingerprint density at radius 1 is 1.06 bits per heavy atom. The van der Waals surface area contributed by atoms with Gasteiger partial charge in [-0.25, -0.2) is 0 Å². The minimum atomic E-state index is -0.520. The molecule has 3 aliphatic rings. The molecule has 0 saturated heterocycles. The van der Waals surface area contributed by atoms with Crippen LogP contribution < -0.4 is 0 Å². The number of ether oxygens (including phenoxy) is 3. The molecule has 0 aromatic heterocycles. The normalized spacial score (nSPS) is 29.5. The van der Waals surface area contributed by atoms with Crippen molar-refractivity contribution in [2.24, 2.45) is 29.6 Å². The summed E-state index contributed by atoms with van der Waals surface area (Å²) < 4.78 is 17.0. The molecule has 6 unspecified atom stereocenters. The van der Waals surface area contributed by atoms with Crippen LogP contribution in [0.2, 0.25) is 0 Å². The summed E-state index contributed by atoms with van der Waals surface area (Å²) in [4.78, 5) is 11.7. The summed E-state index contributed by atoms with van der Waals surface area (Å²) in [6.07, 6.45) is 18.5. The molecule has 6 atom stereocenters. The summed E-state index contributed by atoms with van der Waals surface area (Å²) in [6, 6.07) is 0. The minimum absolute atomic E-state index is 0.00514. The van der Waals surface area contributed by atoms with Gasteiger partial charge in [0.25, 0.3) is 0 Å². The molecule has 0 aromatic rings. The van der Waals surface area contributed by atoms with Crippen molar-refractivity contribution in [1.82, 2.24) is 0 Å². The number of aliphatic hydroxyl groups is 2. The second-order valence-electron chi connectivity index (χ2n) is 10.9. The van der Waals surface area contributed by atoms with Gasteiger partial charge in [-0.1, -0.05) is 44.6 Å². The van der Waals surface area contributed by atoms with Crippen molar-refractivity contribution in [3.63, 3.8) is 0 Å². The van der Waals surface area contributed by atoms with Crippen LogP contribution in [0.5, 0.6) is 0 Å². The number of aliphatic hydroxyl groups excluding tert-OH is 2. The van der Waals surface area contributed by atoms with Crippen LogP contribution in [0.1, 0.15) is 84.5 Å².